The third kappa shape index (κ3) is 2.41. The van der Waals surface area contributed by atoms with Crippen molar-refractivity contribution in [3.63, 3.8) is 0 Å². The number of amides is 1. The molecule has 1 saturated carbocycles. The van der Waals surface area contributed by atoms with E-state index in [0.717, 1.165) is 25.9 Å². The molecule has 0 aromatic carbocycles. The molecule has 82 valence electrons. The lowest BCUT2D eigenvalue weighted by Crippen LogP contribution is -2.28. The number of rotatable bonds is 4. The molecule has 2 rings (SSSR count). The van der Waals surface area contributed by atoms with Crippen LogP contribution >= 0.6 is 0 Å². The minimum atomic E-state index is 0.234. The van der Waals surface area contributed by atoms with Crippen LogP contribution in [0.3, 0.4) is 0 Å². The first-order chi connectivity index (χ1) is 7.18. The SMILES string of the molecule is Cc1ccc(C)n1CCNC(=O)C1CC1. The van der Waals surface area contributed by atoms with Crippen molar-refractivity contribution in [2.75, 3.05) is 6.54 Å². The van der Waals surface area contributed by atoms with Crippen molar-refractivity contribution in [1.82, 2.24) is 9.88 Å². The van der Waals surface area contributed by atoms with Crippen molar-refractivity contribution in [1.29, 1.82) is 0 Å². The Morgan fingerprint density at radius 2 is 2.00 bits per heavy atom. The van der Waals surface area contributed by atoms with Gasteiger partial charge in [0.2, 0.25) is 5.91 Å². The van der Waals surface area contributed by atoms with Crippen molar-refractivity contribution in [3.05, 3.63) is 23.5 Å². The second-order valence-corrected chi connectivity index (χ2v) is 4.33. The fourth-order valence-electron chi connectivity index (χ4n) is 1.83. The summed E-state index contributed by atoms with van der Waals surface area (Å²) in [5, 5.41) is 2.98. The monoisotopic (exact) mass is 206 g/mol. The van der Waals surface area contributed by atoms with Gasteiger partial charge in [-0.25, -0.2) is 0 Å². The number of carbonyl (C=O) groups excluding carboxylic acids is 1. The van der Waals surface area contributed by atoms with Crippen molar-refractivity contribution < 1.29 is 4.79 Å². The fourth-order valence-corrected chi connectivity index (χ4v) is 1.83. The van der Waals surface area contributed by atoms with Crippen molar-refractivity contribution >= 4 is 5.91 Å². The molecule has 1 aromatic heterocycles. The lowest BCUT2D eigenvalue weighted by atomic mass is 10.4. The van der Waals surface area contributed by atoms with E-state index in [2.05, 4.69) is 35.9 Å². The Kier molecular flexibility index (Phi) is 2.80. The minimum Gasteiger partial charge on any atom is -0.354 e. The summed E-state index contributed by atoms with van der Waals surface area (Å²) >= 11 is 0. The molecular weight excluding hydrogens is 188 g/mol. The highest BCUT2D eigenvalue weighted by atomic mass is 16.2. The third-order valence-electron chi connectivity index (χ3n) is 3.00. The molecule has 0 spiro atoms. The number of nitrogens with one attached hydrogen (secondary N) is 1. The van der Waals surface area contributed by atoms with Gasteiger partial charge in [-0.1, -0.05) is 0 Å². The van der Waals surface area contributed by atoms with Gasteiger partial charge in [0.15, 0.2) is 0 Å². The Hall–Kier alpha value is -1.25. The van der Waals surface area contributed by atoms with E-state index in [9.17, 15) is 4.79 Å². The molecule has 0 bridgehead atoms. The van der Waals surface area contributed by atoms with E-state index in [1.807, 2.05) is 0 Å². The topological polar surface area (TPSA) is 34.0 Å². The predicted octanol–water partition coefficient (Wildman–Crippen LogP) is 1.63. The van der Waals surface area contributed by atoms with E-state index in [1.54, 1.807) is 0 Å². The molecule has 15 heavy (non-hydrogen) atoms. The molecule has 3 nitrogen and oxygen atoms in total. The second kappa shape index (κ2) is 4.09. The Balaban J connectivity index is 1.80. The van der Waals surface area contributed by atoms with Gasteiger partial charge in [-0.2, -0.15) is 0 Å². The first-order valence-electron chi connectivity index (χ1n) is 5.59. The van der Waals surface area contributed by atoms with E-state index in [1.165, 1.54) is 11.4 Å². The Bertz CT molecular complexity index is 344. The number of aromatic nitrogens is 1. The van der Waals surface area contributed by atoms with Gasteiger partial charge in [0.05, 0.1) is 0 Å². The first kappa shape index (κ1) is 10.3. The first-order valence-corrected chi connectivity index (χ1v) is 5.59. The van der Waals surface area contributed by atoms with Crippen LogP contribution in [0.4, 0.5) is 0 Å². The Morgan fingerprint density at radius 1 is 1.40 bits per heavy atom. The Morgan fingerprint density at radius 3 is 2.53 bits per heavy atom. The molecular formula is C12H18N2O. The third-order valence-corrected chi connectivity index (χ3v) is 3.00. The average molecular weight is 206 g/mol. The summed E-state index contributed by atoms with van der Waals surface area (Å²) in [7, 11) is 0. The van der Waals surface area contributed by atoms with Gasteiger partial charge < -0.3 is 9.88 Å². The van der Waals surface area contributed by atoms with Crippen LogP contribution in [-0.2, 0) is 11.3 Å². The summed E-state index contributed by atoms with van der Waals surface area (Å²) in [6.07, 6.45) is 2.15. The molecule has 0 atom stereocenters. The molecule has 0 radical (unpaired) electrons. The molecule has 1 N–H and O–H groups in total. The lowest BCUT2D eigenvalue weighted by molar-refractivity contribution is -0.122. The average Bonchev–Trinajstić information content (AvgIpc) is 2.99. The van der Waals surface area contributed by atoms with Crippen molar-refractivity contribution in [2.24, 2.45) is 5.92 Å². The molecule has 0 unspecified atom stereocenters. The van der Waals surface area contributed by atoms with Gasteiger partial charge in [-0.05, 0) is 38.8 Å². The van der Waals surface area contributed by atoms with E-state index in [-0.39, 0.29) is 5.91 Å². The molecule has 1 aliphatic rings. The van der Waals surface area contributed by atoms with Gasteiger partial charge in [0.25, 0.3) is 0 Å². The molecule has 0 saturated heterocycles. The lowest BCUT2D eigenvalue weighted by Gasteiger charge is -2.09. The van der Waals surface area contributed by atoms with Gasteiger partial charge in [0, 0.05) is 30.4 Å². The van der Waals surface area contributed by atoms with Crippen LogP contribution < -0.4 is 5.32 Å². The zero-order chi connectivity index (χ0) is 10.8. The van der Waals surface area contributed by atoms with E-state index < -0.39 is 0 Å². The summed E-state index contributed by atoms with van der Waals surface area (Å²) in [5.74, 6) is 0.550. The summed E-state index contributed by atoms with van der Waals surface area (Å²) in [6.45, 7) is 5.81. The maximum absolute atomic E-state index is 11.4. The van der Waals surface area contributed by atoms with Crippen LogP contribution in [0.25, 0.3) is 0 Å². The van der Waals surface area contributed by atoms with Crippen LogP contribution in [0, 0.1) is 19.8 Å². The Labute approximate surface area is 90.5 Å². The van der Waals surface area contributed by atoms with Crippen LogP contribution in [0.2, 0.25) is 0 Å². The number of hydrogen-bond donors (Lipinski definition) is 1. The van der Waals surface area contributed by atoms with Crippen LogP contribution in [0.5, 0.6) is 0 Å². The smallest absolute Gasteiger partial charge is 0.223 e. The molecule has 3 heteroatoms. The molecule has 1 aliphatic carbocycles. The number of aryl methyl sites for hydroxylation is 2. The van der Waals surface area contributed by atoms with Crippen LogP contribution in [0.15, 0.2) is 12.1 Å². The number of nitrogens with zero attached hydrogens (tertiary/aromatic N) is 1. The van der Waals surface area contributed by atoms with E-state index in [0.29, 0.717) is 5.92 Å². The quantitative estimate of drug-likeness (QED) is 0.798. The van der Waals surface area contributed by atoms with Gasteiger partial charge >= 0.3 is 0 Å². The molecule has 1 amide bonds. The highest BCUT2D eigenvalue weighted by Crippen LogP contribution is 2.28. The van der Waals surface area contributed by atoms with E-state index >= 15 is 0 Å². The zero-order valence-corrected chi connectivity index (χ0v) is 9.42. The fraction of sp³-hybridized carbons (Fsp3) is 0.583. The summed E-state index contributed by atoms with van der Waals surface area (Å²) in [5.41, 5.74) is 2.52. The summed E-state index contributed by atoms with van der Waals surface area (Å²) in [6, 6.07) is 4.22. The highest BCUT2D eigenvalue weighted by Gasteiger charge is 2.28. The summed E-state index contributed by atoms with van der Waals surface area (Å²) < 4.78 is 2.23. The van der Waals surface area contributed by atoms with E-state index in [4.69, 9.17) is 0 Å². The van der Waals surface area contributed by atoms with Crippen molar-refractivity contribution in [3.8, 4) is 0 Å². The molecule has 1 heterocycles. The number of carbonyl (C=O) groups is 1. The van der Waals surface area contributed by atoms with Crippen LogP contribution in [0.1, 0.15) is 24.2 Å². The highest BCUT2D eigenvalue weighted by molar-refractivity contribution is 5.80. The van der Waals surface area contributed by atoms with Crippen molar-refractivity contribution in [2.45, 2.75) is 33.2 Å². The predicted molar refractivity (Wildman–Crippen MR) is 59.6 cm³/mol. The second-order valence-electron chi connectivity index (χ2n) is 4.33. The number of hydrogen-bond acceptors (Lipinski definition) is 1. The molecule has 1 fully saturated rings. The minimum absolute atomic E-state index is 0.234. The maximum Gasteiger partial charge on any atom is 0.223 e. The van der Waals surface area contributed by atoms with Gasteiger partial charge in [-0.3, -0.25) is 4.79 Å². The van der Waals surface area contributed by atoms with Gasteiger partial charge in [0.1, 0.15) is 0 Å². The van der Waals surface area contributed by atoms with Gasteiger partial charge in [-0.15, -0.1) is 0 Å². The molecule has 1 aromatic rings. The molecule has 0 aliphatic heterocycles. The summed E-state index contributed by atoms with van der Waals surface area (Å²) in [4.78, 5) is 11.4. The zero-order valence-electron chi connectivity index (χ0n) is 9.42. The largest absolute Gasteiger partial charge is 0.354 e. The normalized spacial score (nSPS) is 15.3. The maximum atomic E-state index is 11.4. The van der Waals surface area contributed by atoms with Crippen LogP contribution in [-0.4, -0.2) is 17.0 Å². The standard InChI is InChI=1S/C12H18N2O/c1-9-3-4-10(2)14(9)8-7-13-12(15)11-5-6-11/h3-4,11H,5-8H2,1-2H3,(H,13,15).